The van der Waals surface area contributed by atoms with E-state index in [9.17, 15) is 9.90 Å². The molecule has 1 heterocycles. The first kappa shape index (κ1) is 21.3. The number of halogens is 1. The maximum absolute atomic E-state index is 12.3. The minimum atomic E-state index is -0.171. The smallest absolute Gasteiger partial charge is 0.254 e. The number of amides is 1. The van der Waals surface area contributed by atoms with Gasteiger partial charge in [-0.2, -0.15) is 5.10 Å². The summed E-state index contributed by atoms with van der Waals surface area (Å²) < 4.78 is 0. The monoisotopic (exact) mass is 436 g/mol. The zero-order valence-electron chi connectivity index (χ0n) is 17.2. The fourth-order valence-corrected chi connectivity index (χ4v) is 4.00. The third-order valence-electron chi connectivity index (χ3n) is 5.51. The average molecular weight is 437 g/mol. The molecule has 160 valence electrons. The molecule has 31 heavy (non-hydrogen) atoms. The summed E-state index contributed by atoms with van der Waals surface area (Å²) in [6, 6.07) is 19.1. The number of phenols is 1. The van der Waals surface area contributed by atoms with Crippen LogP contribution in [0.3, 0.4) is 0 Å². The summed E-state index contributed by atoms with van der Waals surface area (Å²) >= 11 is 6.26. The zero-order valence-corrected chi connectivity index (χ0v) is 17.9. The van der Waals surface area contributed by atoms with Crippen LogP contribution in [0, 0.1) is 0 Å². The lowest BCUT2D eigenvalue weighted by Gasteiger charge is -2.34. The van der Waals surface area contributed by atoms with Gasteiger partial charge in [0.15, 0.2) is 0 Å². The third-order valence-corrected chi connectivity index (χ3v) is 5.88. The van der Waals surface area contributed by atoms with Crippen LogP contribution in [-0.4, -0.2) is 59.8 Å². The molecule has 4 rings (SSSR count). The molecular formula is C24H25ClN4O2. The highest BCUT2D eigenvalue weighted by atomic mass is 35.5. The van der Waals surface area contributed by atoms with Crippen LogP contribution in [0.15, 0.2) is 65.8 Å². The van der Waals surface area contributed by atoms with Gasteiger partial charge in [-0.25, -0.2) is 5.43 Å². The van der Waals surface area contributed by atoms with Crippen LogP contribution >= 0.6 is 11.6 Å². The number of benzene rings is 3. The van der Waals surface area contributed by atoms with E-state index in [2.05, 4.69) is 20.3 Å². The molecular weight excluding hydrogens is 412 g/mol. The second-order valence-corrected chi connectivity index (χ2v) is 8.06. The van der Waals surface area contributed by atoms with E-state index < -0.39 is 0 Å². The van der Waals surface area contributed by atoms with Crippen LogP contribution in [-0.2, 0) is 11.3 Å². The number of rotatable bonds is 6. The van der Waals surface area contributed by atoms with E-state index in [1.165, 1.54) is 6.21 Å². The Morgan fingerprint density at radius 1 is 1.00 bits per heavy atom. The molecule has 6 nitrogen and oxygen atoms in total. The van der Waals surface area contributed by atoms with Crippen LogP contribution in [0.5, 0.6) is 5.75 Å². The van der Waals surface area contributed by atoms with E-state index in [1.54, 1.807) is 6.07 Å². The molecule has 3 aromatic carbocycles. The Morgan fingerprint density at radius 3 is 2.52 bits per heavy atom. The van der Waals surface area contributed by atoms with Gasteiger partial charge in [0, 0.05) is 43.3 Å². The molecule has 1 fully saturated rings. The van der Waals surface area contributed by atoms with Crippen molar-refractivity contribution in [3.8, 4) is 5.75 Å². The Balaban J connectivity index is 1.27. The van der Waals surface area contributed by atoms with Gasteiger partial charge in [-0.1, -0.05) is 60.1 Å². The predicted molar refractivity (Wildman–Crippen MR) is 125 cm³/mol. The topological polar surface area (TPSA) is 68.2 Å². The predicted octanol–water partition coefficient (Wildman–Crippen LogP) is 3.47. The van der Waals surface area contributed by atoms with Gasteiger partial charge in [-0.3, -0.25) is 14.6 Å². The lowest BCUT2D eigenvalue weighted by atomic mass is 10.0. The molecule has 2 N–H and O–H groups in total. The molecule has 1 aliphatic heterocycles. The second-order valence-electron chi connectivity index (χ2n) is 7.66. The first-order valence-corrected chi connectivity index (χ1v) is 10.7. The number of carbonyl (C=O) groups is 1. The van der Waals surface area contributed by atoms with Crippen molar-refractivity contribution in [1.82, 2.24) is 15.2 Å². The van der Waals surface area contributed by atoms with E-state index in [0.29, 0.717) is 12.1 Å². The van der Waals surface area contributed by atoms with Gasteiger partial charge in [-0.05, 0) is 28.5 Å². The molecule has 3 aromatic rings. The van der Waals surface area contributed by atoms with Gasteiger partial charge in [0.1, 0.15) is 5.75 Å². The van der Waals surface area contributed by atoms with E-state index in [0.717, 1.165) is 54.1 Å². The van der Waals surface area contributed by atoms with E-state index in [1.807, 2.05) is 54.6 Å². The molecule has 0 atom stereocenters. The van der Waals surface area contributed by atoms with Crippen molar-refractivity contribution in [2.45, 2.75) is 6.54 Å². The number of piperazine rings is 1. The molecule has 7 heteroatoms. The quantitative estimate of drug-likeness (QED) is 0.458. The molecule has 0 aliphatic carbocycles. The highest BCUT2D eigenvalue weighted by Crippen LogP contribution is 2.25. The first-order valence-electron chi connectivity index (χ1n) is 10.3. The van der Waals surface area contributed by atoms with Crippen molar-refractivity contribution in [2.24, 2.45) is 5.10 Å². The SMILES string of the molecule is O=C(CN1CCN(Cc2ccccc2Cl)CC1)NN=Cc1c(O)ccc2ccccc12. The van der Waals surface area contributed by atoms with Crippen LogP contribution < -0.4 is 5.43 Å². The largest absolute Gasteiger partial charge is 0.507 e. The second kappa shape index (κ2) is 9.92. The van der Waals surface area contributed by atoms with Crippen molar-refractivity contribution in [2.75, 3.05) is 32.7 Å². The van der Waals surface area contributed by atoms with Crippen LogP contribution in [0.4, 0.5) is 0 Å². The van der Waals surface area contributed by atoms with Gasteiger partial charge in [0.25, 0.3) is 5.91 Å². The number of nitrogens with one attached hydrogen (secondary N) is 1. The van der Waals surface area contributed by atoms with Gasteiger partial charge in [0.2, 0.25) is 0 Å². The molecule has 0 saturated carbocycles. The number of fused-ring (bicyclic) bond motifs is 1. The summed E-state index contributed by atoms with van der Waals surface area (Å²) in [4.78, 5) is 16.8. The van der Waals surface area contributed by atoms with Crippen molar-refractivity contribution < 1.29 is 9.90 Å². The standard InChI is InChI=1S/C24H25ClN4O2/c25-22-8-4-2-6-19(22)16-28-11-13-29(14-12-28)17-24(31)27-26-15-21-20-7-3-1-5-18(20)9-10-23(21)30/h1-10,15,30H,11-14,16-17H2,(H,27,31). The van der Waals surface area contributed by atoms with E-state index >= 15 is 0 Å². The summed E-state index contributed by atoms with van der Waals surface area (Å²) in [6.07, 6.45) is 1.50. The first-order chi connectivity index (χ1) is 15.1. The van der Waals surface area contributed by atoms with Crippen LogP contribution in [0.2, 0.25) is 5.02 Å². The molecule has 0 radical (unpaired) electrons. The summed E-state index contributed by atoms with van der Waals surface area (Å²) in [7, 11) is 0. The fourth-order valence-electron chi connectivity index (χ4n) is 3.80. The summed E-state index contributed by atoms with van der Waals surface area (Å²) in [5.41, 5.74) is 4.29. The molecule has 0 unspecified atom stereocenters. The normalized spacial score (nSPS) is 15.5. The highest BCUT2D eigenvalue weighted by Gasteiger charge is 2.19. The fraction of sp³-hybridized carbons (Fsp3) is 0.250. The van der Waals surface area contributed by atoms with Crippen molar-refractivity contribution in [3.63, 3.8) is 0 Å². The zero-order chi connectivity index (χ0) is 21.6. The van der Waals surface area contributed by atoms with E-state index in [4.69, 9.17) is 11.6 Å². The molecule has 0 aromatic heterocycles. The van der Waals surface area contributed by atoms with Crippen LogP contribution in [0.25, 0.3) is 10.8 Å². The van der Waals surface area contributed by atoms with E-state index in [-0.39, 0.29) is 11.7 Å². The molecule has 0 bridgehead atoms. The average Bonchev–Trinajstić information content (AvgIpc) is 2.78. The van der Waals surface area contributed by atoms with Crippen LogP contribution in [0.1, 0.15) is 11.1 Å². The maximum Gasteiger partial charge on any atom is 0.254 e. The molecule has 1 aliphatic rings. The Kier molecular flexibility index (Phi) is 6.82. The number of hydrogen-bond donors (Lipinski definition) is 2. The summed E-state index contributed by atoms with van der Waals surface area (Å²) in [5.74, 6) is -0.0399. The van der Waals surface area contributed by atoms with Crippen molar-refractivity contribution in [3.05, 3.63) is 76.8 Å². The minimum Gasteiger partial charge on any atom is -0.507 e. The molecule has 1 saturated heterocycles. The van der Waals surface area contributed by atoms with Crippen molar-refractivity contribution in [1.29, 1.82) is 0 Å². The third kappa shape index (κ3) is 5.41. The Morgan fingerprint density at radius 2 is 1.71 bits per heavy atom. The number of hydrazone groups is 1. The highest BCUT2D eigenvalue weighted by molar-refractivity contribution is 6.31. The number of hydrogen-bond acceptors (Lipinski definition) is 5. The summed E-state index contributed by atoms with van der Waals surface area (Å²) in [6.45, 7) is 4.49. The molecule has 0 spiro atoms. The van der Waals surface area contributed by atoms with Gasteiger partial charge in [-0.15, -0.1) is 0 Å². The van der Waals surface area contributed by atoms with Gasteiger partial charge >= 0.3 is 0 Å². The maximum atomic E-state index is 12.3. The summed E-state index contributed by atoms with van der Waals surface area (Å²) in [5, 5.41) is 16.9. The van der Waals surface area contributed by atoms with Gasteiger partial charge in [0.05, 0.1) is 12.8 Å². The number of phenolic OH excluding ortho intramolecular Hbond substituents is 1. The number of aromatic hydroxyl groups is 1. The van der Waals surface area contributed by atoms with Gasteiger partial charge < -0.3 is 5.11 Å². The molecule has 1 amide bonds. The Bertz CT molecular complexity index is 1090. The Labute approximate surface area is 186 Å². The lowest BCUT2D eigenvalue weighted by Crippen LogP contribution is -2.48. The minimum absolute atomic E-state index is 0.131. The number of carbonyl (C=O) groups excluding carboxylic acids is 1. The Hall–Kier alpha value is -2.93. The number of nitrogens with zero attached hydrogens (tertiary/aromatic N) is 3. The van der Waals surface area contributed by atoms with Crippen molar-refractivity contribution >= 4 is 34.5 Å². The lowest BCUT2D eigenvalue weighted by molar-refractivity contribution is -0.122.